The Bertz CT molecular complexity index is 838. The van der Waals surface area contributed by atoms with Gasteiger partial charge in [0, 0.05) is 22.9 Å². The number of hydrogen-bond donors (Lipinski definition) is 2. The maximum atomic E-state index is 5.21. The molecule has 0 saturated heterocycles. The first-order chi connectivity index (χ1) is 11.3. The van der Waals surface area contributed by atoms with Gasteiger partial charge < -0.3 is 15.0 Å². The molecule has 0 spiro atoms. The molecule has 0 aliphatic heterocycles. The molecule has 0 bridgehead atoms. The van der Waals surface area contributed by atoms with Crippen molar-refractivity contribution in [2.24, 2.45) is 0 Å². The smallest absolute Gasteiger partial charge is 0.159 e. The summed E-state index contributed by atoms with van der Waals surface area (Å²) in [5, 5.41) is 3.39. The highest BCUT2D eigenvalue weighted by atomic mass is 16.5. The van der Waals surface area contributed by atoms with Crippen LogP contribution in [-0.2, 0) is 12.8 Å². The third-order valence-corrected chi connectivity index (χ3v) is 4.67. The average molecular weight is 308 g/mol. The highest BCUT2D eigenvalue weighted by Crippen LogP contribution is 2.29. The Morgan fingerprint density at radius 2 is 2.09 bits per heavy atom. The van der Waals surface area contributed by atoms with Crippen LogP contribution in [0, 0.1) is 0 Å². The number of benzene rings is 1. The molecule has 2 heterocycles. The van der Waals surface area contributed by atoms with E-state index in [1.54, 1.807) is 7.11 Å². The predicted octanol–water partition coefficient (Wildman–Crippen LogP) is 2.71. The van der Waals surface area contributed by atoms with Crippen molar-refractivity contribution in [3.05, 3.63) is 41.7 Å². The predicted molar refractivity (Wildman–Crippen MR) is 90.7 cm³/mol. The van der Waals surface area contributed by atoms with Gasteiger partial charge in [-0.1, -0.05) is 0 Å². The SMILES string of the molecule is CNC1CCc2[nH]c3cnc(-c4ccc(OC)cc4)nc3c2C1. The number of ether oxygens (including phenoxy) is 1. The molecule has 1 unspecified atom stereocenters. The zero-order chi connectivity index (χ0) is 15.8. The van der Waals surface area contributed by atoms with Crippen molar-refractivity contribution in [1.29, 1.82) is 0 Å². The Kier molecular flexibility index (Phi) is 3.50. The summed E-state index contributed by atoms with van der Waals surface area (Å²) in [6.07, 6.45) is 5.14. The van der Waals surface area contributed by atoms with Crippen LogP contribution < -0.4 is 10.1 Å². The summed E-state index contributed by atoms with van der Waals surface area (Å²) in [4.78, 5) is 12.8. The second kappa shape index (κ2) is 5.66. The van der Waals surface area contributed by atoms with Gasteiger partial charge in [-0.15, -0.1) is 0 Å². The van der Waals surface area contributed by atoms with Crippen molar-refractivity contribution >= 4 is 11.0 Å². The van der Waals surface area contributed by atoms with Crippen LogP contribution in [0.4, 0.5) is 0 Å². The Morgan fingerprint density at radius 3 is 2.83 bits per heavy atom. The maximum absolute atomic E-state index is 5.21. The van der Waals surface area contributed by atoms with E-state index >= 15 is 0 Å². The van der Waals surface area contributed by atoms with E-state index in [0.29, 0.717) is 6.04 Å². The van der Waals surface area contributed by atoms with Gasteiger partial charge in [0.25, 0.3) is 0 Å². The van der Waals surface area contributed by atoms with Crippen LogP contribution in [0.2, 0.25) is 0 Å². The van der Waals surface area contributed by atoms with E-state index in [1.807, 2.05) is 37.5 Å². The fourth-order valence-electron chi connectivity index (χ4n) is 3.31. The molecule has 1 aliphatic rings. The number of fused-ring (bicyclic) bond motifs is 3. The third-order valence-electron chi connectivity index (χ3n) is 4.67. The van der Waals surface area contributed by atoms with Crippen molar-refractivity contribution in [2.75, 3.05) is 14.2 Å². The first-order valence-electron chi connectivity index (χ1n) is 7.96. The lowest BCUT2D eigenvalue weighted by molar-refractivity contribution is 0.415. The number of likely N-dealkylation sites (N-methyl/N-ethyl adjacent to an activating group) is 1. The first kappa shape index (κ1) is 14.2. The molecule has 1 aliphatic carbocycles. The second-order valence-corrected chi connectivity index (χ2v) is 5.99. The molecule has 2 N–H and O–H groups in total. The lowest BCUT2D eigenvalue weighted by atomic mass is 9.93. The summed E-state index contributed by atoms with van der Waals surface area (Å²) >= 11 is 0. The number of aryl methyl sites for hydroxylation is 1. The Hall–Kier alpha value is -2.40. The molecule has 0 radical (unpaired) electrons. The number of H-pyrrole nitrogens is 1. The summed E-state index contributed by atoms with van der Waals surface area (Å²) in [6.45, 7) is 0. The van der Waals surface area contributed by atoms with Gasteiger partial charge in [0.1, 0.15) is 5.75 Å². The number of aromatic nitrogens is 3. The summed E-state index contributed by atoms with van der Waals surface area (Å²) in [6, 6.07) is 8.39. The molecule has 5 nitrogen and oxygen atoms in total. The second-order valence-electron chi connectivity index (χ2n) is 5.99. The molecule has 0 fully saturated rings. The molecule has 0 saturated carbocycles. The van der Waals surface area contributed by atoms with Gasteiger partial charge in [0.15, 0.2) is 5.82 Å². The van der Waals surface area contributed by atoms with Gasteiger partial charge in [-0.3, -0.25) is 0 Å². The molecular formula is C18H20N4O. The zero-order valence-corrected chi connectivity index (χ0v) is 13.4. The van der Waals surface area contributed by atoms with Gasteiger partial charge in [-0.05, 0) is 50.6 Å². The zero-order valence-electron chi connectivity index (χ0n) is 13.4. The van der Waals surface area contributed by atoms with E-state index in [1.165, 1.54) is 11.3 Å². The van der Waals surface area contributed by atoms with E-state index in [0.717, 1.165) is 47.4 Å². The molecule has 1 atom stereocenters. The molecule has 1 aromatic carbocycles. The monoisotopic (exact) mass is 308 g/mol. The summed E-state index contributed by atoms with van der Waals surface area (Å²) in [5.41, 5.74) is 5.74. The van der Waals surface area contributed by atoms with Crippen molar-refractivity contribution in [3.8, 4) is 17.1 Å². The number of rotatable bonds is 3. The van der Waals surface area contributed by atoms with Crippen molar-refractivity contribution in [2.45, 2.75) is 25.3 Å². The Morgan fingerprint density at radius 1 is 1.26 bits per heavy atom. The van der Waals surface area contributed by atoms with Crippen molar-refractivity contribution in [1.82, 2.24) is 20.3 Å². The normalized spacial score (nSPS) is 17.2. The van der Waals surface area contributed by atoms with Crippen molar-refractivity contribution < 1.29 is 4.74 Å². The number of hydrogen-bond acceptors (Lipinski definition) is 4. The van der Waals surface area contributed by atoms with E-state index in [-0.39, 0.29) is 0 Å². The number of methoxy groups -OCH3 is 1. The Balaban J connectivity index is 1.77. The van der Waals surface area contributed by atoms with Gasteiger partial charge in [0.05, 0.1) is 24.3 Å². The molecule has 2 aromatic heterocycles. The van der Waals surface area contributed by atoms with Crippen molar-refractivity contribution in [3.63, 3.8) is 0 Å². The molecule has 118 valence electrons. The topological polar surface area (TPSA) is 62.8 Å². The summed E-state index contributed by atoms with van der Waals surface area (Å²) < 4.78 is 5.21. The molecule has 23 heavy (non-hydrogen) atoms. The minimum atomic E-state index is 0.529. The largest absolute Gasteiger partial charge is 0.497 e. The van der Waals surface area contributed by atoms with E-state index in [4.69, 9.17) is 9.72 Å². The quantitative estimate of drug-likeness (QED) is 0.781. The van der Waals surface area contributed by atoms with Crippen LogP contribution >= 0.6 is 0 Å². The lowest BCUT2D eigenvalue weighted by Gasteiger charge is -2.21. The lowest BCUT2D eigenvalue weighted by Crippen LogP contribution is -2.31. The maximum Gasteiger partial charge on any atom is 0.159 e. The number of nitrogens with one attached hydrogen (secondary N) is 2. The summed E-state index contributed by atoms with van der Waals surface area (Å²) in [5.74, 6) is 1.60. The molecule has 5 heteroatoms. The van der Waals surface area contributed by atoms with Gasteiger partial charge in [-0.25, -0.2) is 9.97 Å². The van der Waals surface area contributed by atoms with Gasteiger partial charge in [0.2, 0.25) is 0 Å². The van der Waals surface area contributed by atoms with Crippen LogP contribution in [-0.4, -0.2) is 35.2 Å². The molecule has 4 rings (SSSR count). The van der Waals surface area contributed by atoms with Gasteiger partial charge >= 0.3 is 0 Å². The highest BCUT2D eigenvalue weighted by Gasteiger charge is 2.22. The van der Waals surface area contributed by atoms with Crippen LogP contribution in [0.25, 0.3) is 22.4 Å². The van der Waals surface area contributed by atoms with Crippen LogP contribution in [0.3, 0.4) is 0 Å². The van der Waals surface area contributed by atoms with E-state index in [9.17, 15) is 0 Å². The number of nitrogens with zero attached hydrogens (tertiary/aromatic N) is 2. The first-order valence-corrected chi connectivity index (χ1v) is 7.96. The minimum Gasteiger partial charge on any atom is -0.497 e. The van der Waals surface area contributed by atoms with Gasteiger partial charge in [-0.2, -0.15) is 0 Å². The van der Waals surface area contributed by atoms with E-state index in [2.05, 4.69) is 15.3 Å². The number of aromatic amines is 1. The fraction of sp³-hybridized carbons (Fsp3) is 0.333. The molecule has 0 amide bonds. The van der Waals surface area contributed by atoms with Crippen LogP contribution in [0.15, 0.2) is 30.5 Å². The third kappa shape index (κ3) is 2.47. The standard InChI is InChI=1S/C18H20N4O/c1-19-12-5-8-15-14(9-12)17-16(21-15)10-20-18(22-17)11-3-6-13(23-2)7-4-11/h3-4,6-7,10,12,19,21H,5,8-9H2,1-2H3. The highest BCUT2D eigenvalue weighted by molar-refractivity contribution is 5.82. The molecular weight excluding hydrogens is 288 g/mol. The van der Waals surface area contributed by atoms with E-state index < -0.39 is 0 Å². The average Bonchev–Trinajstić information content (AvgIpc) is 2.98. The molecule has 3 aromatic rings. The summed E-state index contributed by atoms with van der Waals surface area (Å²) in [7, 11) is 3.70. The van der Waals surface area contributed by atoms with Crippen LogP contribution in [0.5, 0.6) is 5.75 Å². The fourth-order valence-corrected chi connectivity index (χ4v) is 3.31. The minimum absolute atomic E-state index is 0.529. The van der Waals surface area contributed by atoms with Crippen LogP contribution in [0.1, 0.15) is 17.7 Å². The Labute approximate surface area is 135 Å².